The molecule has 1 aliphatic rings. The van der Waals surface area contributed by atoms with Crippen molar-refractivity contribution < 1.29 is 24.2 Å². The second kappa shape index (κ2) is 6.76. The van der Waals surface area contributed by atoms with Gasteiger partial charge in [-0.2, -0.15) is 4.89 Å². The molecule has 1 unspecified atom stereocenters. The maximum atomic E-state index is 12.7. The first kappa shape index (κ1) is 16.1. The van der Waals surface area contributed by atoms with Crippen molar-refractivity contribution in [3.05, 3.63) is 71.3 Å². The number of carbonyl (C=O) groups is 3. The molecule has 24 heavy (non-hydrogen) atoms. The molecule has 2 aromatic rings. The molecule has 0 fully saturated rings. The number of hydrogen-bond donors (Lipinski definition) is 0. The molecule has 0 aliphatic heterocycles. The van der Waals surface area contributed by atoms with Crippen LogP contribution in [-0.4, -0.2) is 24.1 Å². The molecule has 0 radical (unpaired) electrons. The second-order valence-electron chi connectivity index (χ2n) is 5.45. The number of ketones is 2. The molecule has 122 valence electrons. The van der Waals surface area contributed by atoms with E-state index >= 15 is 0 Å². The van der Waals surface area contributed by atoms with Gasteiger partial charge >= 0.3 is 5.97 Å². The maximum absolute atomic E-state index is 12.7. The highest BCUT2D eigenvalue weighted by Crippen LogP contribution is 2.37. The summed E-state index contributed by atoms with van der Waals surface area (Å²) >= 11 is 0. The van der Waals surface area contributed by atoms with E-state index in [0.29, 0.717) is 16.7 Å². The average Bonchev–Trinajstić information content (AvgIpc) is 2.87. The highest BCUT2D eigenvalue weighted by atomic mass is 17.2. The van der Waals surface area contributed by atoms with Gasteiger partial charge in [0.05, 0.1) is 6.61 Å². The van der Waals surface area contributed by atoms with Crippen LogP contribution in [0.2, 0.25) is 0 Å². The minimum absolute atomic E-state index is 0.181. The third kappa shape index (κ3) is 2.74. The van der Waals surface area contributed by atoms with E-state index in [4.69, 9.17) is 9.78 Å². The molecule has 1 atom stereocenters. The van der Waals surface area contributed by atoms with Crippen LogP contribution in [-0.2, 0) is 14.6 Å². The first-order valence-corrected chi connectivity index (χ1v) is 7.71. The number of fused-ring (bicyclic) bond motifs is 1. The van der Waals surface area contributed by atoms with E-state index < -0.39 is 17.8 Å². The Balaban J connectivity index is 2.02. The van der Waals surface area contributed by atoms with E-state index in [1.54, 1.807) is 61.5 Å². The van der Waals surface area contributed by atoms with E-state index in [-0.39, 0.29) is 18.2 Å². The van der Waals surface area contributed by atoms with E-state index in [1.165, 1.54) is 0 Å². The molecule has 5 heteroatoms. The first-order chi connectivity index (χ1) is 11.6. The van der Waals surface area contributed by atoms with Crippen molar-refractivity contribution in [2.45, 2.75) is 12.8 Å². The smallest absolute Gasteiger partial charge is 0.298 e. The molecule has 0 saturated carbocycles. The third-order valence-corrected chi connectivity index (χ3v) is 4.03. The van der Waals surface area contributed by atoms with Crippen LogP contribution in [0.3, 0.4) is 0 Å². The maximum Gasteiger partial charge on any atom is 0.350 e. The second-order valence-corrected chi connectivity index (χ2v) is 5.45. The molecular weight excluding hydrogens is 308 g/mol. The molecule has 0 saturated heterocycles. The highest BCUT2D eigenvalue weighted by molar-refractivity contribution is 6.28. The molecule has 0 aromatic heterocycles. The molecule has 0 amide bonds. The molecular formula is C19H16O5. The van der Waals surface area contributed by atoms with Crippen molar-refractivity contribution in [3.8, 4) is 0 Å². The number of benzene rings is 2. The Morgan fingerprint density at radius 3 is 2.04 bits per heavy atom. The summed E-state index contributed by atoms with van der Waals surface area (Å²) in [6, 6.07) is 15.3. The summed E-state index contributed by atoms with van der Waals surface area (Å²) in [6.07, 6.45) is 0. The highest BCUT2D eigenvalue weighted by Gasteiger charge is 2.47. The summed E-state index contributed by atoms with van der Waals surface area (Å²) in [4.78, 5) is 47.4. The van der Waals surface area contributed by atoms with Gasteiger partial charge in [0.25, 0.3) is 0 Å². The summed E-state index contributed by atoms with van der Waals surface area (Å²) in [5.74, 6) is -3.64. The lowest BCUT2D eigenvalue weighted by molar-refractivity contribution is -0.271. The Labute approximate surface area is 139 Å². The molecule has 1 aliphatic carbocycles. The lowest BCUT2D eigenvalue weighted by Crippen LogP contribution is -2.31. The quantitative estimate of drug-likeness (QED) is 0.480. The predicted molar refractivity (Wildman–Crippen MR) is 85.5 cm³/mol. The van der Waals surface area contributed by atoms with E-state index in [1.807, 2.05) is 0 Å². The monoisotopic (exact) mass is 324 g/mol. The minimum atomic E-state index is -1.13. The number of carbonyl (C=O) groups excluding carboxylic acids is 3. The molecule has 0 bridgehead atoms. The van der Waals surface area contributed by atoms with Gasteiger partial charge in [-0.05, 0) is 12.5 Å². The molecule has 0 N–H and O–H groups in total. The fraction of sp³-hybridized carbons (Fsp3) is 0.211. The SMILES string of the molecule is CCOOC(=O)C(c1ccccc1)C1C(=O)c2ccccc2C1=O. The van der Waals surface area contributed by atoms with Crippen LogP contribution in [0.1, 0.15) is 39.1 Å². The largest absolute Gasteiger partial charge is 0.350 e. The van der Waals surface area contributed by atoms with Gasteiger partial charge in [-0.25, -0.2) is 4.79 Å². The van der Waals surface area contributed by atoms with Gasteiger partial charge in [0.2, 0.25) is 0 Å². The van der Waals surface area contributed by atoms with Crippen LogP contribution < -0.4 is 0 Å². The van der Waals surface area contributed by atoms with Crippen LogP contribution in [0.15, 0.2) is 54.6 Å². The fourth-order valence-corrected chi connectivity index (χ4v) is 2.96. The van der Waals surface area contributed by atoms with Crippen molar-refractivity contribution in [1.29, 1.82) is 0 Å². The molecule has 3 rings (SSSR count). The standard InChI is InChI=1S/C19H16O5/c1-2-23-24-19(22)15(12-8-4-3-5-9-12)16-17(20)13-10-6-7-11-14(13)18(16)21/h3-11,15-16H,2H2,1H3. The van der Waals surface area contributed by atoms with Crippen molar-refractivity contribution >= 4 is 17.5 Å². The van der Waals surface area contributed by atoms with E-state index in [2.05, 4.69) is 0 Å². The first-order valence-electron chi connectivity index (χ1n) is 7.71. The topological polar surface area (TPSA) is 69.7 Å². The van der Waals surface area contributed by atoms with Crippen LogP contribution in [0.5, 0.6) is 0 Å². The molecule has 5 nitrogen and oxygen atoms in total. The Kier molecular flexibility index (Phi) is 4.53. The predicted octanol–water partition coefficient (Wildman–Crippen LogP) is 2.96. The lowest BCUT2D eigenvalue weighted by Gasteiger charge is -2.19. The van der Waals surface area contributed by atoms with Gasteiger partial charge in [0, 0.05) is 11.1 Å². The van der Waals surface area contributed by atoms with Crippen LogP contribution in [0, 0.1) is 5.92 Å². The zero-order chi connectivity index (χ0) is 17.1. The van der Waals surface area contributed by atoms with Gasteiger partial charge in [0.1, 0.15) is 11.8 Å². The van der Waals surface area contributed by atoms with Crippen LogP contribution >= 0.6 is 0 Å². The fourth-order valence-electron chi connectivity index (χ4n) is 2.96. The lowest BCUT2D eigenvalue weighted by atomic mass is 9.83. The normalized spacial score (nSPS) is 15.2. The summed E-state index contributed by atoms with van der Waals surface area (Å²) in [6.45, 7) is 1.85. The Morgan fingerprint density at radius 2 is 1.50 bits per heavy atom. The van der Waals surface area contributed by atoms with Crippen molar-refractivity contribution in [2.24, 2.45) is 5.92 Å². The summed E-state index contributed by atoms with van der Waals surface area (Å²) < 4.78 is 0. The molecule has 2 aromatic carbocycles. The Hall–Kier alpha value is -2.79. The number of Topliss-reactive ketones (excluding diaryl/α,β-unsaturated/α-hetero) is 2. The summed E-state index contributed by atoms with van der Waals surface area (Å²) in [7, 11) is 0. The van der Waals surface area contributed by atoms with E-state index in [9.17, 15) is 14.4 Å². The molecule has 0 spiro atoms. The van der Waals surface area contributed by atoms with E-state index in [0.717, 1.165) is 0 Å². The van der Waals surface area contributed by atoms with Crippen molar-refractivity contribution in [2.75, 3.05) is 6.61 Å². The van der Waals surface area contributed by atoms with Crippen LogP contribution in [0.4, 0.5) is 0 Å². The van der Waals surface area contributed by atoms with Gasteiger partial charge < -0.3 is 0 Å². The third-order valence-electron chi connectivity index (χ3n) is 4.03. The minimum Gasteiger partial charge on any atom is -0.298 e. The van der Waals surface area contributed by atoms with Crippen molar-refractivity contribution in [3.63, 3.8) is 0 Å². The zero-order valence-electron chi connectivity index (χ0n) is 13.1. The Bertz CT molecular complexity index is 746. The van der Waals surface area contributed by atoms with Crippen LogP contribution in [0.25, 0.3) is 0 Å². The van der Waals surface area contributed by atoms with Gasteiger partial charge in [-0.3, -0.25) is 14.5 Å². The van der Waals surface area contributed by atoms with Gasteiger partial charge in [-0.1, -0.05) is 54.6 Å². The summed E-state index contributed by atoms with van der Waals surface area (Å²) in [5.41, 5.74) is 1.23. The Morgan fingerprint density at radius 1 is 0.958 bits per heavy atom. The van der Waals surface area contributed by atoms with Gasteiger partial charge in [0.15, 0.2) is 11.6 Å². The van der Waals surface area contributed by atoms with Crippen molar-refractivity contribution in [1.82, 2.24) is 0 Å². The summed E-state index contributed by atoms with van der Waals surface area (Å²) in [5, 5.41) is 0. The number of rotatable bonds is 5. The molecule has 0 heterocycles. The van der Waals surface area contributed by atoms with Gasteiger partial charge in [-0.15, -0.1) is 0 Å². The number of hydrogen-bond acceptors (Lipinski definition) is 5. The zero-order valence-corrected chi connectivity index (χ0v) is 13.1. The average molecular weight is 324 g/mol.